The molecule has 1 spiro atoms. The van der Waals surface area contributed by atoms with Crippen LogP contribution in [0.25, 0.3) is 0 Å². The lowest BCUT2D eigenvalue weighted by Gasteiger charge is -2.23. The van der Waals surface area contributed by atoms with E-state index >= 15 is 0 Å². The molecule has 0 radical (unpaired) electrons. The van der Waals surface area contributed by atoms with Gasteiger partial charge in [-0.25, -0.2) is 0 Å². The highest BCUT2D eigenvalue weighted by molar-refractivity contribution is 6.14. The number of fused-ring (bicyclic) bond motifs is 5. The van der Waals surface area contributed by atoms with Gasteiger partial charge in [0.2, 0.25) is 18.6 Å². The number of para-hydroxylation sites is 2. The largest absolute Gasteiger partial charge is 0.491 e. The van der Waals surface area contributed by atoms with Crippen LogP contribution in [0, 0.1) is 13.8 Å². The molecule has 1 N–H and O–H groups in total. The van der Waals surface area contributed by atoms with Crippen molar-refractivity contribution in [3.63, 3.8) is 0 Å². The fraction of sp³-hybridized carbons (Fsp3) is 0.231. The van der Waals surface area contributed by atoms with E-state index in [9.17, 15) is 9.59 Å². The van der Waals surface area contributed by atoms with E-state index in [1.807, 2.05) is 62.4 Å². The molecule has 7 heteroatoms. The van der Waals surface area contributed by atoms with Crippen molar-refractivity contribution in [1.82, 2.24) is 0 Å². The van der Waals surface area contributed by atoms with Crippen molar-refractivity contribution < 1.29 is 23.8 Å². The number of benzene rings is 3. The molecule has 0 aromatic heterocycles. The number of hydrogen-bond donors (Lipinski definition) is 1. The first-order valence-electron chi connectivity index (χ1n) is 10.8. The van der Waals surface area contributed by atoms with Gasteiger partial charge in [0.05, 0.1) is 0 Å². The number of aryl methyl sites for hydroxylation is 2. The van der Waals surface area contributed by atoms with Gasteiger partial charge in [0.1, 0.15) is 24.3 Å². The van der Waals surface area contributed by atoms with E-state index < -0.39 is 5.41 Å². The molecule has 3 aromatic carbocycles. The van der Waals surface area contributed by atoms with Crippen molar-refractivity contribution in [1.29, 1.82) is 0 Å². The number of ether oxygens (including phenoxy) is 3. The fourth-order valence-electron chi connectivity index (χ4n) is 5.06. The highest BCUT2D eigenvalue weighted by atomic mass is 16.7. The molecule has 3 aliphatic heterocycles. The van der Waals surface area contributed by atoms with Crippen molar-refractivity contribution in [3.8, 4) is 17.2 Å². The van der Waals surface area contributed by atoms with Gasteiger partial charge < -0.3 is 24.4 Å². The van der Waals surface area contributed by atoms with E-state index in [4.69, 9.17) is 14.2 Å². The second-order valence-electron chi connectivity index (χ2n) is 8.62. The smallest absolute Gasteiger partial charge is 0.246 e. The molecule has 3 aliphatic rings. The third-order valence-corrected chi connectivity index (χ3v) is 6.69. The minimum Gasteiger partial charge on any atom is -0.491 e. The Hall–Kier alpha value is -4.00. The number of carbonyl (C=O) groups excluding carboxylic acids is 2. The van der Waals surface area contributed by atoms with Gasteiger partial charge in [0.25, 0.3) is 0 Å². The second-order valence-corrected chi connectivity index (χ2v) is 8.62. The first-order valence-corrected chi connectivity index (χ1v) is 10.8. The van der Waals surface area contributed by atoms with Crippen LogP contribution in [0.2, 0.25) is 0 Å². The molecular formula is C26H22N2O5. The number of carbonyl (C=O) groups is 2. The van der Waals surface area contributed by atoms with Crippen LogP contribution in [0.15, 0.2) is 54.6 Å². The first-order chi connectivity index (χ1) is 16.0. The summed E-state index contributed by atoms with van der Waals surface area (Å²) < 4.78 is 17.0. The standard InChI is InChI=1S/C26H22N2O5/c1-15-6-5-7-16(2)24(15)27-23(29)12-28-19-9-4-3-8-17(19)26(25(28)30)13-31-20-11-22-21(10-18(20)26)32-14-33-22/h3-11H,12-14H2,1-2H3,(H,27,29). The maximum Gasteiger partial charge on any atom is 0.246 e. The molecule has 166 valence electrons. The molecular weight excluding hydrogens is 420 g/mol. The van der Waals surface area contributed by atoms with Gasteiger partial charge in [0, 0.05) is 23.0 Å². The summed E-state index contributed by atoms with van der Waals surface area (Å²) >= 11 is 0. The zero-order valence-electron chi connectivity index (χ0n) is 18.3. The summed E-state index contributed by atoms with van der Waals surface area (Å²) in [5, 5.41) is 2.99. The fourth-order valence-corrected chi connectivity index (χ4v) is 5.06. The topological polar surface area (TPSA) is 77.1 Å². The van der Waals surface area contributed by atoms with E-state index in [2.05, 4.69) is 5.32 Å². The summed E-state index contributed by atoms with van der Waals surface area (Å²) in [6, 6.07) is 17.0. The van der Waals surface area contributed by atoms with Crippen molar-refractivity contribution in [3.05, 3.63) is 76.9 Å². The summed E-state index contributed by atoms with van der Waals surface area (Å²) in [4.78, 5) is 28.6. The van der Waals surface area contributed by atoms with E-state index in [1.54, 1.807) is 11.0 Å². The number of nitrogens with zero attached hydrogens (tertiary/aromatic N) is 1. The summed E-state index contributed by atoms with van der Waals surface area (Å²) in [5.41, 5.74) is 3.98. The Morgan fingerprint density at radius 2 is 1.67 bits per heavy atom. The van der Waals surface area contributed by atoms with Crippen LogP contribution in [-0.4, -0.2) is 31.8 Å². The van der Waals surface area contributed by atoms with Gasteiger partial charge >= 0.3 is 0 Å². The third-order valence-electron chi connectivity index (χ3n) is 6.69. The van der Waals surface area contributed by atoms with Gasteiger partial charge in [-0.15, -0.1) is 0 Å². The Bertz CT molecular complexity index is 1310. The van der Waals surface area contributed by atoms with Gasteiger partial charge in [-0.2, -0.15) is 0 Å². The van der Waals surface area contributed by atoms with Gasteiger partial charge in [-0.3, -0.25) is 9.59 Å². The van der Waals surface area contributed by atoms with Gasteiger partial charge in [-0.05, 0) is 42.7 Å². The summed E-state index contributed by atoms with van der Waals surface area (Å²) in [5.74, 6) is 1.36. The molecule has 2 amide bonds. The lowest BCUT2D eigenvalue weighted by Crippen LogP contribution is -2.45. The summed E-state index contributed by atoms with van der Waals surface area (Å²) in [6.07, 6.45) is 0. The number of nitrogens with one attached hydrogen (secondary N) is 1. The van der Waals surface area contributed by atoms with E-state index in [-0.39, 0.29) is 31.8 Å². The Labute approximate surface area is 190 Å². The number of anilines is 2. The minimum absolute atomic E-state index is 0.0920. The molecule has 6 rings (SSSR count). The van der Waals surface area contributed by atoms with Crippen molar-refractivity contribution in [2.75, 3.05) is 30.2 Å². The molecule has 0 fully saturated rings. The summed E-state index contributed by atoms with van der Waals surface area (Å²) in [6.45, 7) is 4.11. The molecule has 0 saturated heterocycles. The highest BCUT2D eigenvalue weighted by Gasteiger charge is 2.57. The number of hydrogen-bond acceptors (Lipinski definition) is 5. The average molecular weight is 442 g/mol. The molecule has 33 heavy (non-hydrogen) atoms. The van der Waals surface area contributed by atoms with Gasteiger partial charge in [-0.1, -0.05) is 36.4 Å². The SMILES string of the molecule is Cc1cccc(C)c1NC(=O)CN1C(=O)C2(COc3cc4c(cc32)OCO4)c2ccccc21. The summed E-state index contributed by atoms with van der Waals surface area (Å²) in [7, 11) is 0. The maximum absolute atomic E-state index is 14.0. The molecule has 7 nitrogen and oxygen atoms in total. The van der Waals surface area contributed by atoms with Crippen LogP contribution in [-0.2, 0) is 15.0 Å². The zero-order valence-corrected chi connectivity index (χ0v) is 18.3. The van der Waals surface area contributed by atoms with Crippen molar-refractivity contribution >= 4 is 23.2 Å². The quantitative estimate of drug-likeness (QED) is 0.670. The monoisotopic (exact) mass is 442 g/mol. The second kappa shape index (κ2) is 7.00. The molecule has 1 atom stereocenters. The van der Waals surface area contributed by atoms with Crippen LogP contribution < -0.4 is 24.4 Å². The molecule has 1 unspecified atom stereocenters. The lowest BCUT2D eigenvalue weighted by atomic mass is 9.77. The minimum atomic E-state index is -1.02. The van der Waals surface area contributed by atoms with Crippen LogP contribution in [0.5, 0.6) is 17.2 Å². The Morgan fingerprint density at radius 1 is 0.939 bits per heavy atom. The molecule has 3 aromatic rings. The Balaban J connectivity index is 1.38. The van der Waals surface area contributed by atoms with Crippen LogP contribution in [0.4, 0.5) is 11.4 Å². The molecule has 0 saturated carbocycles. The molecule has 0 bridgehead atoms. The molecule has 3 heterocycles. The maximum atomic E-state index is 14.0. The zero-order chi connectivity index (χ0) is 22.7. The van der Waals surface area contributed by atoms with E-state index in [0.717, 1.165) is 27.9 Å². The van der Waals surface area contributed by atoms with Crippen LogP contribution in [0.3, 0.4) is 0 Å². The first kappa shape index (κ1) is 19.7. The van der Waals surface area contributed by atoms with Crippen molar-refractivity contribution in [2.24, 2.45) is 0 Å². The van der Waals surface area contributed by atoms with Gasteiger partial charge in [0.15, 0.2) is 11.5 Å². The average Bonchev–Trinajstić information content (AvgIpc) is 3.48. The molecule has 0 aliphatic carbocycles. The lowest BCUT2D eigenvalue weighted by molar-refractivity contribution is -0.124. The predicted octanol–water partition coefficient (Wildman–Crippen LogP) is 3.70. The van der Waals surface area contributed by atoms with Crippen LogP contribution >= 0.6 is 0 Å². The van der Waals surface area contributed by atoms with E-state index in [1.165, 1.54) is 0 Å². The Morgan fingerprint density at radius 3 is 2.45 bits per heavy atom. The van der Waals surface area contributed by atoms with E-state index in [0.29, 0.717) is 22.9 Å². The number of rotatable bonds is 3. The number of amides is 2. The Kier molecular flexibility index (Phi) is 4.17. The third kappa shape index (κ3) is 2.75. The highest BCUT2D eigenvalue weighted by Crippen LogP contribution is 2.54. The van der Waals surface area contributed by atoms with Crippen molar-refractivity contribution in [2.45, 2.75) is 19.3 Å². The predicted molar refractivity (Wildman–Crippen MR) is 122 cm³/mol. The normalized spacial score (nSPS) is 19.5. The van der Waals surface area contributed by atoms with Crippen LogP contribution in [0.1, 0.15) is 22.3 Å².